The van der Waals surface area contributed by atoms with E-state index in [0.717, 1.165) is 5.82 Å². The molecule has 86 valence electrons. The predicted octanol–water partition coefficient (Wildman–Crippen LogP) is 1.65. The van der Waals surface area contributed by atoms with Crippen molar-refractivity contribution in [3.63, 3.8) is 0 Å². The van der Waals surface area contributed by atoms with E-state index in [4.69, 9.17) is 5.26 Å². The van der Waals surface area contributed by atoms with Crippen LogP contribution in [0.3, 0.4) is 0 Å². The minimum Gasteiger partial charge on any atom is -0.206 e. The van der Waals surface area contributed by atoms with E-state index in [2.05, 4.69) is 19.4 Å². The van der Waals surface area contributed by atoms with Crippen LogP contribution in [0.25, 0.3) is 5.13 Å². The topological polar surface area (TPSA) is 80.3 Å². The molecule has 0 amide bonds. The van der Waals surface area contributed by atoms with E-state index in [0.29, 0.717) is 11.0 Å². The van der Waals surface area contributed by atoms with Gasteiger partial charge in [0.2, 0.25) is 5.13 Å². The molecule has 17 heavy (non-hydrogen) atoms. The van der Waals surface area contributed by atoms with Crippen molar-refractivity contribution in [1.29, 1.82) is 5.26 Å². The van der Waals surface area contributed by atoms with Gasteiger partial charge in [-0.15, -0.1) is 5.10 Å². The van der Waals surface area contributed by atoms with Gasteiger partial charge in [-0.3, -0.25) is 0 Å². The Hall–Kier alpha value is -1.81. The summed E-state index contributed by atoms with van der Waals surface area (Å²) >= 11 is 1.30. The Morgan fingerprint density at radius 1 is 1.41 bits per heavy atom. The van der Waals surface area contributed by atoms with Crippen LogP contribution < -0.4 is 0 Å². The summed E-state index contributed by atoms with van der Waals surface area (Å²) in [7, 11) is 0. The maximum absolute atomic E-state index is 8.65. The van der Waals surface area contributed by atoms with Gasteiger partial charge in [0.15, 0.2) is 0 Å². The van der Waals surface area contributed by atoms with Crippen molar-refractivity contribution in [2.24, 2.45) is 0 Å². The molecular weight excluding hydrogens is 236 g/mol. The summed E-state index contributed by atoms with van der Waals surface area (Å²) in [6, 6.07) is 1.89. The maximum atomic E-state index is 8.65. The third-order valence-corrected chi connectivity index (χ3v) is 3.66. The Morgan fingerprint density at radius 3 is 2.94 bits per heavy atom. The first-order valence-corrected chi connectivity index (χ1v) is 6.30. The summed E-state index contributed by atoms with van der Waals surface area (Å²) in [5.74, 6) is 1.57. The summed E-state index contributed by atoms with van der Waals surface area (Å²) in [6.07, 6.45) is 6.38. The SMILES string of the molecule is N#Cc1ncn(-c2nc(C3CCCC3)ns2)n1. The molecule has 0 spiro atoms. The highest BCUT2D eigenvalue weighted by Crippen LogP contribution is 2.33. The predicted molar refractivity (Wildman–Crippen MR) is 60.8 cm³/mol. The molecule has 7 heteroatoms. The van der Waals surface area contributed by atoms with Crippen molar-refractivity contribution in [2.75, 3.05) is 0 Å². The largest absolute Gasteiger partial charge is 0.252 e. The zero-order chi connectivity index (χ0) is 11.7. The van der Waals surface area contributed by atoms with Gasteiger partial charge in [0.1, 0.15) is 18.2 Å². The van der Waals surface area contributed by atoms with E-state index in [1.165, 1.54) is 48.2 Å². The summed E-state index contributed by atoms with van der Waals surface area (Å²) in [5, 5.41) is 13.3. The van der Waals surface area contributed by atoms with E-state index in [-0.39, 0.29) is 5.82 Å². The molecule has 0 unspecified atom stereocenters. The lowest BCUT2D eigenvalue weighted by atomic mass is 10.1. The second kappa shape index (κ2) is 4.22. The van der Waals surface area contributed by atoms with Gasteiger partial charge in [-0.05, 0) is 12.8 Å². The number of rotatable bonds is 2. The Morgan fingerprint density at radius 2 is 2.24 bits per heavy atom. The van der Waals surface area contributed by atoms with E-state index in [9.17, 15) is 0 Å². The molecule has 1 fully saturated rings. The van der Waals surface area contributed by atoms with Crippen LogP contribution in [0.15, 0.2) is 6.33 Å². The number of hydrogen-bond donors (Lipinski definition) is 0. The Kier molecular flexibility index (Phi) is 2.57. The van der Waals surface area contributed by atoms with Crippen LogP contribution in [0.2, 0.25) is 0 Å². The number of hydrogen-bond acceptors (Lipinski definition) is 6. The minimum absolute atomic E-state index is 0.155. The first kappa shape index (κ1) is 10.4. The molecule has 1 aliphatic rings. The van der Waals surface area contributed by atoms with Gasteiger partial charge in [-0.2, -0.15) is 14.3 Å². The first-order chi connectivity index (χ1) is 8.36. The summed E-state index contributed by atoms with van der Waals surface area (Å²) < 4.78 is 5.88. The average Bonchev–Trinajstić information content (AvgIpc) is 3.09. The Labute approximate surface area is 102 Å². The molecule has 0 saturated heterocycles. The quantitative estimate of drug-likeness (QED) is 0.804. The number of nitrogens with zero attached hydrogens (tertiary/aromatic N) is 6. The maximum Gasteiger partial charge on any atom is 0.252 e. The molecule has 2 aromatic heterocycles. The summed E-state index contributed by atoms with van der Waals surface area (Å²) in [6.45, 7) is 0. The molecule has 0 bridgehead atoms. The van der Waals surface area contributed by atoms with Crippen molar-refractivity contribution < 1.29 is 0 Å². The second-order valence-corrected chi connectivity index (χ2v) is 4.77. The van der Waals surface area contributed by atoms with E-state index < -0.39 is 0 Å². The van der Waals surface area contributed by atoms with E-state index in [1.54, 1.807) is 0 Å². The van der Waals surface area contributed by atoms with Crippen molar-refractivity contribution in [2.45, 2.75) is 31.6 Å². The smallest absolute Gasteiger partial charge is 0.206 e. The molecule has 2 aromatic rings. The van der Waals surface area contributed by atoms with Gasteiger partial charge in [0.25, 0.3) is 5.82 Å². The van der Waals surface area contributed by atoms with Crippen LogP contribution in [-0.4, -0.2) is 24.1 Å². The van der Waals surface area contributed by atoms with Crippen molar-refractivity contribution in [1.82, 2.24) is 24.1 Å². The molecular formula is C10H10N6S. The van der Waals surface area contributed by atoms with Gasteiger partial charge < -0.3 is 0 Å². The van der Waals surface area contributed by atoms with Gasteiger partial charge in [-0.1, -0.05) is 12.8 Å². The van der Waals surface area contributed by atoms with Gasteiger partial charge in [-0.25, -0.2) is 9.97 Å². The fourth-order valence-electron chi connectivity index (χ4n) is 2.08. The lowest BCUT2D eigenvalue weighted by Crippen LogP contribution is -1.98. The lowest BCUT2D eigenvalue weighted by Gasteiger charge is -2.00. The Bertz CT molecular complexity index is 559. The van der Waals surface area contributed by atoms with Crippen LogP contribution in [0.5, 0.6) is 0 Å². The third kappa shape index (κ3) is 1.91. The fourth-order valence-corrected chi connectivity index (χ4v) is 2.75. The molecule has 0 aliphatic heterocycles. The summed E-state index contributed by atoms with van der Waals surface area (Å²) in [5.41, 5.74) is 0. The standard InChI is InChI=1S/C10H10N6S/c11-5-8-12-6-16(14-8)10-13-9(15-17-10)7-3-1-2-4-7/h6-7H,1-4H2. The fraction of sp³-hybridized carbons (Fsp3) is 0.500. The van der Waals surface area contributed by atoms with Gasteiger partial charge >= 0.3 is 0 Å². The monoisotopic (exact) mass is 246 g/mol. The lowest BCUT2D eigenvalue weighted by molar-refractivity contribution is 0.677. The van der Waals surface area contributed by atoms with Crippen molar-refractivity contribution >= 4 is 11.5 Å². The number of aromatic nitrogens is 5. The highest BCUT2D eigenvalue weighted by Gasteiger charge is 2.21. The molecule has 0 aromatic carbocycles. The van der Waals surface area contributed by atoms with Crippen molar-refractivity contribution in [3.05, 3.63) is 18.0 Å². The molecule has 0 N–H and O–H groups in total. The third-order valence-electron chi connectivity index (χ3n) is 2.94. The van der Waals surface area contributed by atoms with Crippen LogP contribution in [-0.2, 0) is 0 Å². The van der Waals surface area contributed by atoms with Crippen LogP contribution in [0.4, 0.5) is 0 Å². The molecule has 6 nitrogen and oxygen atoms in total. The molecule has 0 atom stereocenters. The molecule has 2 heterocycles. The number of nitriles is 1. The van der Waals surface area contributed by atoms with Crippen LogP contribution >= 0.6 is 11.5 Å². The van der Waals surface area contributed by atoms with Crippen LogP contribution in [0, 0.1) is 11.3 Å². The highest BCUT2D eigenvalue weighted by atomic mass is 32.1. The first-order valence-electron chi connectivity index (χ1n) is 5.52. The second-order valence-electron chi connectivity index (χ2n) is 4.04. The molecule has 0 radical (unpaired) electrons. The van der Waals surface area contributed by atoms with Gasteiger partial charge in [0.05, 0.1) is 0 Å². The Balaban J connectivity index is 1.86. The van der Waals surface area contributed by atoms with E-state index in [1.807, 2.05) is 6.07 Å². The minimum atomic E-state index is 0.155. The van der Waals surface area contributed by atoms with E-state index >= 15 is 0 Å². The molecule has 3 rings (SSSR count). The average molecular weight is 246 g/mol. The summed E-state index contributed by atoms with van der Waals surface area (Å²) in [4.78, 5) is 8.32. The normalized spacial score (nSPS) is 16.2. The molecule has 1 saturated carbocycles. The van der Waals surface area contributed by atoms with Gasteiger partial charge in [0, 0.05) is 17.5 Å². The molecule has 1 aliphatic carbocycles. The van der Waals surface area contributed by atoms with Crippen LogP contribution in [0.1, 0.15) is 43.3 Å². The zero-order valence-corrected chi connectivity index (χ0v) is 9.89. The van der Waals surface area contributed by atoms with Crippen molar-refractivity contribution in [3.8, 4) is 11.2 Å². The highest BCUT2D eigenvalue weighted by molar-refractivity contribution is 7.08. The zero-order valence-electron chi connectivity index (χ0n) is 9.07.